The second-order valence-electron chi connectivity index (χ2n) is 7.54. The minimum atomic E-state index is -0.442. The number of benzene rings is 3. The first-order valence-corrected chi connectivity index (χ1v) is 9.64. The second-order valence-corrected chi connectivity index (χ2v) is 7.54. The highest BCUT2D eigenvalue weighted by atomic mass is 19.1. The van der Waals surface area contributed by atoms with E-state index < -0.39 is 17.6 Å². The maximum Gasteiger partial charge on any atom is 0.282 e. The molecule has 150 valence electrons. The zero-order valence-electron chi connectivity index (χ0n) is 17.0. The Kier molecular flexibility index (Phi) is 4.96. The molecule has 0 atom stereocenters. The summed E-state index contributed by atoms with van der Waals surface area (Å²) in [5.41, 5.74) is 5.19. The topological polar surface area (TPSA) is 49.4 Å². The van der Waals surface area contributed by atoms with Gasteiger partial charge in [-0.1, -0.05) is 35.9 Å². The molecule has 1 aliphatic rings. The summed E-state index contributed by atoms with van der Waals surface area (Å²) in [6.45, 7) is 5.87. The maximum absolute atomic E-state index is 13.5. The van der Waals surface area contributed by atoms with Gasteiger partial charge in [-0.05, 0) is 73.9 Å². The average Bonchev–Trinajstić information content (AvgIpc) is 2.93. The van der Waals surface area contributed by atoms with Crippen molar-refractivity contribution in [2.45, 2.75) is 20.8 Å². The number of nitrogens with one attached hydrogen (secondary N) is 1. The van der Waals surface area contributed by atoms with Crippen LogP contribution < -0.4 is 10.2 Å². The summed E-state index contributed by atoms with van der Waals surface area (Å²) >= 11 is 0. The molecule has 4 nitrogen and oxygen atoms in total. The summed E-state index contributed by atoms with van der Waals surface area (Å²) in [7, 11) is 0. The lowest BCUT2D eigenvalue weighted by molar-refractivity contribution is -0.120. The summed E-state index contributed by atoms with van der Waals surface area (Å²) in [4.78, 5) is 27.8. The number of halogens is 1. The minimum absolute atomic E-state index is 0.178. The first kappa shape index (κ1) is 19.6. The molecule has 0 spiro atoms. The lowest BCUT2D eigenvalue weighted by Gasteiger charge is -2.16. The quantitative estimate of drug-likeness (QED) is 0.617. The van der Waals surface area contributed by atoms with Gasteiger partial charge in [-0.25, -0.2) is 9.29 Å². The van der Waals surface area contributed by atoms with Gasteiger partial charge in [0.1, 0.15) is 11.5 Å². The monoisotopic (exact) mass is 400 g/mol. The highest BCUT2D eigenvalue weighted by Gasteiger charge is 2.40. The van der Waals surface area contributed by atoms with Crippen molar-refractivity contribution in [3.63, 3.8) is 0 Å². The molecule has 0 saturated carbocycles. The maximum atomic E-state index is 13.5. The summed E-state index contributed by atoms with van der Waals surface area (Å²) in [5, 5.41) is 3.15. The molecule has 1 heterocycles. The Morgan fingerprint density at radius 1 is 0.733 bits per heavy atom. The fourth-order valence-electron chi connectivity index (χ4n) is 3.65. The Morgan fingerprint density at radius 3 is 1.93 bits per heavy atom. The summed E-state index contributed by atoms with van der Waals surface area (Å²) in [5.74, 6) is -1.29. The van der Waals surface area contributed by atoms with Gasteiger partial charge in [-0.15, -0.1) is 0 Å². The summed E-state index contributed by atoms with van der Waals surface area (Å²) < 4.78 is 13.5. The number of imide groups is 1. The van der Waals surface area contributed by atoms with Gasteiger partial charge in [-0.3, -0.25) is 9.59 Å². The molecule has 1 N–H and O–H groups in total. The first-order chi connectivity index (χ1) is 14.3. The molecule has 2 amide bonds. The molecular weight excluding hydrogens is 379 g/mol. The smallest absolute Gasteiger partial charge is 0.282 e. The van der Waals surface area contributed by atoms with E-state index in [9.17, 15) is 14.0 Å². The molecule has 5 heteroatoms. The van der Waals surface area contributed by atoms with Crippen LogP contribution in [0.5, 0.6) is 0 Å². The molecule has 3 aromatic rings. The van der Waals surface area contributed by atoms with Crippen LogP contribution in [-0.4, -0.2) is 11.8 Å². The number of rotatable bonds is 4. The molecule has 0 radical (unpaired) electrons. The SMILES string of the molecule is Cc1ccc(N2C(=O)C(Nc3cc(C)cc(C)c3)=C(c3ccc(F)cc3)C2=O)cc1. The highest BCUT2D eigenvalue weighted by Crippen LogP contribution is 2.34. The number of amides is 2. The first-order valence-electron chi connectivity index (χ1n) is 9.64. The Morgan fingerprint density at radius 2 is 1.33 bits per heavy atom. The van der Waals surface area contributed by atoms with Crippen molar-refractivity contribution in [3.8, 4) is 0 Å². The third-order valence-electron chi connectivity index (χ3n) is 5.00. The van der Waals surface area contributed by atoms with E-state index >= 15 is 0 Å². The van der Waals surface area contributed by atoms with Crippen LogP contribution in [0.1, 0.15) is 22.3 Å². The zero-order valence-corrected chi connectivity index (χ0v) is 17.0. The lowest BCUT2D eigenvalue weighted by Crippen LogP contribution is -2.32. The van der Waals surface area contributed by atoms with Crippen LogP contribution in [0.15, 0.2) is 72.4 Å². The third-order valence-corrected chi connectivity index (χ3v) is 5.00. The number of aryl methyl sites for hydroxylation is 3. The Balaban J connectivity index is 1.83. The average molecular weight is 400 g/mol. The van der Waals surface area contributed by atoms with E-state index in [-0.39, 0.29) is 11.3 Å². The standard InChI is InChI=1S/C25H21FN2O2/c1-15-4-10-21(11-5-15)28-24(29)22(18-6-8-19(26)9-7-18)23(25(28)30)27-20-13-16(2)12-17(3)14-20/h4-14,27H,1-3H3. The van der Waals surface area contributed by atoms with E-state index in [1.54, 1.807) is 12.1 Å². The zero-order chi connectivity index (χ0) is 21.4. The Hall–Kier alpha value is -3.73. The number of carbonyl (C=O) groups is 2. The van der Waals surface area contributed by atoms with E-state index in [2.05, 4.69) is 5.32 Å². The predicted octanol–water partition coefficient (Wildman–Crippen LogP) is 5.15. The number of hydrogen-bond donors (Lipinski definition) is 1. The molecule has 1 aliphatic heterocycles. The lowest BCUT2D eigenvalue weighted by atomic mass is 10.0. The van der Waals surface area contributed by atoms with E-state index in [1.807, 2.05) is 51.1 Å². The number of hydrogen-bond acceptors (Lipinski definition) is 3. The molecule has 0 fully saturated rings. The summed E-state index contributed by atoms with van der Waals surface area (Å²) in [6, 6.07) is 18.6. The van der Waals surface area contributed by atoms with Crippen molar-refractivity contribution in [2.24, 2.45) is 0 Å². The van der Waals surface area contributed by atoms with Crippen molar-refractivity contribution in [2.75, 3.05) is 10.2 Å². The largest absolute Gasteiger partial charge is 0.350 e. The molecule has 0 saturated heterocycles. The van der Waals surface area contributed by atoms with Gasteiger partial charge in [0.05, 0.1) is 11.3 Å². The Labute approximate surface area is 174 Å². The number of anilines is 2. The molecule has 0 bridgehead atoms. The molecular formula is C25H21FN2O2. The van der Waals surface area contributed by atoms with E-state index in [1.165, 1.54) is 24.3 Å². The van der Waals surface area contributed by atoms with Crippen LogP contribution >= 0.6 is 0 Å². The molecule has 4 rings (SSSR count). The van der Waals surface area contributed by atoms with Gasteiger partial charge in [0.2, 0.25) is 0 Å². The molecule has 0 aliphatic carbocycles. The number of carbonyl (C=O) groups excluding carboxylic acids is 2. The van der Waals surface area contributed by atoms with Crippen LogP contribution in [-0.2, 0) is 9.59 Å². The van der Waals surface area contributed by atoms with Crippen LogP contribution in [0.3, 0.4) is 0 Å². The third kappa shape index (κ3) is 3.62. The van der Waals surface area contributed by atoms with Gasteiger partial charge in [-0.2, -0.15) is 0 Å². The van der Waals surface area contributed by atoms with Gasteiger partial charge < -0.3 is 5.32 Å². The minimum Gasteiger partial charge on any atom is -0.350 e. The van der Waals surface area contributed by atoms with E-state index in [0.29, 0.717) is 16.9 Å². The van der Waals surface area contributed by atoms with Crippen molar-refractivity contribution in [1.29, 1.82) is 0 Å². The molecule has 30 heavy (non-hydrogen) atoms. The van der Waals surface area contributed by atoms with Crippen molar-refractivity contribution in [3.05, 3.63) is 100 Å². The predicted molar refractivity (Wildman–Crippen MR) is 117 cm³/mol. The molecule has 3 aromatic carbocycles. The van der Waals surface area contributed by atoms with E-state index in [0.717, 1.165) is 21.6 Å². The highest BCUT2D eigenvalue weighted by molar-refractivity contribution is 6.46. The van der Waals surface area contributed by atoms with Crippen LogP contribution in [0.4, 0.5) is 15.8 Å². The fraction of sp³-hybridized carbons (Fsp3) is 0.120. The summed E-state index contributed by atoms with van der Waals surface area (Å²) in [6.07, 6.45) is 0. The van der Waals surface area contributed by atoms with Crippen molar-refractivity contribution >= 4 is 28.8 Å². The van der Waals surface area contributed by atoms with Gasteiger partial charge in [0, 0.05) is 5.69 Å². The van der Waals surface area contributed by atoms with Gasteiger partial charge in [0.15, 0.2) is 0 Å². The fourth-order valence-corrected chi connectivity index (χ4v) is 3.65. The number of nitrogens with zero attached hydrogens (tertiary/aromatic N) is 1. The Bertz CT molecular complexity index is 1160. The molecule has 0 aromatic heterocycles. The normalized spacial score (nSPS) is 13.9. The van der Waals surface area contributed by atoms with Gasteiger partial charge in [0.25, 0.3) is 11.8 Å². The van der Waals surface area contributed by atoms with Gasteiger partial charge >= 0.3 is 0 Å². The van der Waals surface area contributed by atoms with Crippen molar-refractivity contribution < 1.29 is 14.0 Å². The van der Waals surface area contributed by atoms with Crippen LogP contribution in [0, 0.1) is 26.6 Å². The van der Waals surface area contributed by atoms with E-state index in [4.69, 9.17) is 0 Å². The second kappa shape index (κ2) is 7.59. The van der Waals surface area contributed by atoms with Crippen LogP contribution in [0.2, 0.25) is 0 Å². The molecule has 0 unspecified atom stereocenters. The van der Waals surface area contributed by atoms with Crippen molar-refractivity contribution in [1.82, 2.24) is 0 Å². The van der Waals surface area contributed by atoms with Crippen LogP contribution in [0.25, 0.3) is 5.57 Å².